The number of nitrogens with two attached hydrogens (primary N) is 3. The van der Waals surface area contributed by atoms with Gasteiger partial charge in [-0.1, -0.05) is 68.3 Å². The Morgan fingerprint density at radius 2 is 0.982 bits per heavy atom. The number of fused-ring (bicyclic) bond motifs is 1. The minimum absolute atomic E-state index is 0. The number of benzene rings is 2. The monoisotopic (exact) mass is 1700 g/mol. The molecule has 2 aromatic carbocycles. The number of nitrogens with one attached hydrogen (secondary N) is 18. The number of amides is 14. The van der Waals surface area contributed by atoms with Crippen LogP contribution in [0.2, 0.25) is 0 Å². The average Bonchev–Trinajstić information content (AvgIpc) is 1.64. The molecule has 14 amide bonds. The van der Waals surface area contributed by atoms with Crippen molar-refractivity contribution in [2.75, 3.05) is 50.0 Å². The van der Waals surface area contributed by atoms with Gasteiger partial charge >= 0.3 is 26.1 Å². The number of rotatable bonds is 48. The first-order valence-electron chi connectivity index (χ1n) is 35.9. The van der Waals surface area contributed by atoms with E-state index < -0.39 is 193 Å². The second-order valence-electron chi connectivity index (χ2n) is 26.1. The number of aliphatic carboxylic acids is 1. The maximum atomic E-state index is 15.1. The summed E-state index contributed by atoms with van der Waals surface area (Å²) in [6.07, 6.45) is 3.95. The molecule has 3 heterocycles. The second kappa shape index (κ2) is 49.0. The number of guanidine groups is 2. The molecule has 1 aliphatic rings. The van der Waals surface area contributed by atoms with E-state index in [1.807, 2.05) is 6.92 Å². The molecule has 0 radical (unpaired) electrons. The van der Waals surface area contributed by atoms with E-state index in [1.54, 1.807) is 60.8 Å². The molecule has 1 aliphatic heterocycles. The zero-order chi connectivity index (χ0) is 81.7. The van der Waals surface area contributed by atoms with Gasteiger partial charge in [0.2, 0.25) is 82.7 Å². The van der Waals surface area contributed by atoms with Crippen LogP contribution in [0.4, 0.5) is 0 Å². The third-order valence-corrected chi connectivity index (χ3v) is 18.6. The van der Waals surface area contributed by atoms with Crippen molar-refractivity contribution in [2.24, 2.45) is 17.2 Å². The molecule has 606 valence electrons. The molecule has 4 aromatic rings. The number of aromatic nitrogens is 3. The van der Waals surface area contributed by atoms with Gasteiger partial charge in [-0.05, 0) is 68.6 Å². The first-order chi connectivity index (χ1) is 52.9. The summed E-state index contributed by atoms with van der Waals surface area (Å²) in [5.74, 6) is -15.3. The van der Waals surface area contributed by atoms with Crippen molar-refractivity contribution in [3.8, 4) is 0 Å². The summed E-state index contributed by atoms with van der Waals surface area (Å²) in [6, 6.07) is -0.702. The molecular weight excluding hydrogens is 1600 g/mol. The smallest absolute Gasteiger partial charge is 0.481 e. The molecule has 25 N–H and O–H groups in total. The number of para-hydroxylation sites is 1. The number of aromatic amines is 2. The Kier molecular flexibility index (Phi) is 41.0. The van der Waals surface area contributed by atoms with Crippen molar-refractivity contribution >= 4 is 149 Å². The van der Waals surface area contributed by atoms with Gasteiger partial charge in [-0.25, -0.2) is 4.98 Å². The Balaban J connectivity index is 0.0000264. The van der Waals surface area contributed by atoms with Crippen LogP contribution in [0.3, 0.4) is 0 Å². The molecule has 0 aliphatic carbocycles. The van der Waals surface area contributed by atoms with E-state index >= 15 is 9.59 Å². The van der Waals surface area contributed by atoms with E-state index in [-0.39, 0.29) is 114 Å². The van der Waals surface area contributed by atoms with Crippen molar-refractivity contribution in [1.82, 2.24) is 94.3 Å². The number of carboxylic acids is 1. The SMILES string of the molecule is CCCC[C@H](NC(=O)CNC(=O)CNC(C)=O)C(=O)N[C@@H](CS)C(=O)N[C@@H](CS)C(=O)N[C@@H](CCC(=O)O)C(=O)N[C@@H](Cc1cnc[nH]1)C(=O)N[C@H](Cc1ccccc1)C(=O)N[C@@H](CCCNC(=N)N)C(=O)N[C@@H](Cc1c[nH]c2ccccc12)C(=O)N[C@@H](CS)C(=O)N[C@@H](CCCNC(=N)N)C(=O)N1CCC[C@H]1C(N)=O.[99Tc+7]. The maximum absolute atomic E-state index is 15.1. The first-order valence-corrected chi connectivity index (χ1v) is 37.8. The fourth-order valence-corrected chi connectivity index (χ4v) is 12.4. The quantitative estimate of drug-likeness (QED) is 0.00851. The molecule has 2 aromatic heterocycles. The summed E-state index contributed by atoms with van der Waals surface area (Å²) in [7, 11) is 0. The van der Waals surface area contributed by atoms with Gasteiger partial charge in [-0.3, -0.25) is 82.7 Å². The fourth-order valence-electron chi connectivity index (χ4n) is 11.7. The van der Waals surface area contributed by atoms with E-state index in [1.165, 1.54) is 24.3 Å². The van der Waals surface area contributed by atoms with E-state index in [0.29, 0.717) is 47.7 Å². The van der Waals surface area contributed by atoms with Gasteiger partial charge in [0.15, 0.2) is 11.9 Å². The predicted octanol–water partition coefficient (Wildman–Crippen LogP) is -5.14. The van der Waals surface area contributed by atoms with Gasteiger partial charge < -0.3 is 112 Å². The molecule has 1 saturated heterocycles. The van der Waals surface area contributed by atoms with E-state index in [2.05, 4.69) is 127 Å². The normalized spacial score (nSPS) is 14.9. The summed E-state index contributed by atoms with van der Waals surface area (Å²) < 4.78 is 0. The molecule has 43 heteroatoms. The number of primary amides is 1. The van der Waals surface area contributed by atoms with Gasteiger partial charge in [-0.15, -0.1) is 0 Å². The summed E-state index contributed by atoms with van der Waals surface area (Å²) in [6.45, 7) is 2.37. The minimum atomic E-state index is -1.76. The van der Waals surface area contributed by atoms with Crippen molar-refractivity contribution in [3.05, 3.63) is 90.1 Å². The summed E-state index contributed by atoms with van der Waals surface area (Å²) in [4.78, 5) is 217. The zero-order valence-corrected chi connectivity index (χ0v) is 66.3. The van der Waals surface area contributed by atoms with Crippen LogP contribution < -0.4 is 91.6 Å². The first kappa shape index (κ1) is 93.9. The number of imidazole rings is 1. The second-order valence-corrected chi connectivity index (χ2v) is 27.2. The molecule has 0 spiro atoms. The zero-order valence-electron chi connectivity index (χ0n) is 61.8. The molecule has 1 fully saturated rings. The van der Waals surface area contributed by atoms with Crippen molar-refractivity contribution in [1.29, 1.82) is 10.8 Å². The average molecular weight is 1700 g/mol. The van der Waals surface area contributed by atoms with Crippen LogP contribution in [0.1, 0.15) is 101 Å². The molecule has 112 heavy (non-hydrogen) atoms. The molecule has 0 unspecified atom stereocenters. The molecule has 0 bridgehead atoms. The van der Waals surface area contributed by atoms with Crippen LogP contribution in [-0.4, -0.2) is 242 Å². The standard InChI is InChI=1S/C69H101N23O16S3.Tc/c1-3-4-16-43(82-55(95)32-80-54(94)31-78-37(2)93)58(99)89-52(35-111)66(107)91-50(33-109)64(105)84-45(21-22-56(96)97)60(101)88-49(28-40-30-75-36-81-40)63(104)86-47(26-38-13-6-5-7-14-38)61(102)83-44(18-10-23-76-68(71)72)59(100)87-48(27-39-29-79-42-17-9-8-15-41(39)42)62(103)90-51(34-110)65(106)85-46(19-11-24-77-69(73)74)67(108)92-25-12-20-53(92)57(70)98;/h5-9,13-15,17,29-30,36,43-53,79,109-111H,3-4,10-12,16,18-28,31-35H2,1-2H3,(H2,70,98)(H,75,81)(H,78,93)(H,80,94)(H,82,95)(H,83,102)(H,84,105)(H,85,106)(H,86,104)(H,87,100)(H,88,101)(H,89,99)(H,90,103)(H,91,107)(H,96,97)(H4,71,72,76)(H4,73,74,77);/q;+7/t43-,44-,45-,46-,47+,48-,49-,50-,51-,52-,53-;/m0./s1/i;1+1. The van der Waals surface area contributed by atoms with Crippen LogP contribution >= 0.6 is 37.9 Å². The molecule has 0 saturated carbocycles. The Morgan fingerprint density at radius 1 is 0.536 bits per heavy atom. The van der Waals surface area contributed by atoms with Crippen molar-refractivity contribution in [2.45, 2.75) is 170 Å². The Labute approximate surface area is 675 Å². The number of hydrogen-bond acceptors (Lipinski definition) is 21. The number of likely N-dealkylation sites (tertiary alicyclic amines) is 1. The van der Waals surface area contributed by atoms with Gasteiger partial charge in [0.05, 0.1) is 19.4 Å². The van der Waals surface area contributed by atoms with Crippen LogP contribution in [-0.2, 0) is 111 Å². The minimum Gasteiger partial charge on any atom is -0.481 e. The number of carbonyl (C=O) groups is 15. The Hall–Kier alpha value is -10.5. The van der Waals surface area contributed by atoms with Crippen molar-refractivity contribution < 1.29 is 97.1 Å². The maximum Gasteiger partial charge on any atom is 7.00 e. The van der Waals surface area contributed by atoms with Crippen LogP contribution in [0.25, 0.3) is 10.9 Å². The third kappa shape index (κ3) is 32.1. The number of thiol groups is 3. The number of unbranched alkanes of at least 4 members (excludes halogenated alkanes) is 1. The van der Waals surface area contributed by atoms with Crippen LogP contribution in [0, 0.1) is 10.8 Å². The van der Waals surface area contributed by atoms with E-state index in [0.717, 1.165) is 0 Å². The van der Waals surface area contributed by atoms with E-state index in [9.17, 15) is 67.4 Å². The number of nitrogens with zero attached hydrogens (tertiary/aromatic N) is 2. The van der Waals surface area contributed by atoms with Crippen LogP contribution in [0.5, 0.6) is 0 Å². The van der Waals surface area contributed by atoms with Gasteiger partial charge in [0, 0.05) is 98.5 Å². The van der Waals surface area contributed by atoms with Crippen molar-refractivity contribution in [3.63, 3.8) is 0 Å². The summed E-state index contributed by atoms with van der Waals surface area (Å²) in [5, 5.41) is 61.6. The van der Waals surface area contributed by atoms with Gasteiger partial charge in [0.25, 0.3) is 0 Å². The summed E-state index contributed by atoms with van der Waals surface area (Å²) >= 11 is 12.9. The Bertz CT molecular complexity index is 3900. The van der Waals surface area contributed by atoms with Gasteiger partial charge in [0.1, 0.15) is 66.5 Å². The predicted molar refractivity (Wildman–Crippen MR) is 416 cm³/mol. The topological polar surface area (TPSA) is 618 Å². The van der Waals surface area contributed by atoms with Crippen LogP contribution in [0.15, 0.2) is 73.3 Å². The number of hydrogen-bond donors (Lipinski definition) is 25. The van der Waals surface area contributed by atoms with E-state index in [4.69, 9.17) is 28.0 Å². The molecule has 39 nitrogen and oxygen atoms in total. The number of H-pyrrole nitrogens is 2. The molecular formula is C69H101N23O16S3Tc+7. The fraction of sp³-hybridized carbons (Fsp3) is 0.507. The van der Waals surface area contributed by atoms with Gasteiger partial charge in [-0.2, -0.15) is 37.9 Å². The number of carboxylic acid groups (broad SMARTS) is 1. The Morgan fingerprint density at radius 3 is 1.48 bits per heavy atom. The number of carbonyl (C=O) groups excluding carboxylic acids is 14. The third-order valence-electron chi connectivity index (χ3n) is 17.5. The summed E-state index contributed by atoms with van der Waals surface area (Å²) in [5.41, 5.74) is 18.7. The molecule has 5 rings (SSSR count). The largest absolute Gasteiger partial charge is 7.00 e. The molecule has 11 atom stereocenters.